The molecule has 0 fully saturated rings. The number of para-hydroxylation sites is 1. The number of nitrogens with one attached hydrogen (secondary N) is 1. The lowest BCUT2D eigenvalue weighted by molar-refractivity contribution is 0.0696. The molecule has 0 aliphatic rings. The molecule has 2 N–H and O–H groups in total. The molecule has 5 nitrogen and oxygen atoms in total. The number of fused-ring (bicyclic) bond motifs is 1. The zero-order valence-corrected chi connectivity index (χ0v) is 14.5. The molecule has 0 aliphatic heterocycles. The Kier molecular flexibility index (Phi) is 4.31. The average molecular weight is 336 g/mol. The van der Waals surface area contributed by atoms with Gasteiger partial charge in [-0.1, -0.05) is 24.3 Å². The van der Waals surface area contributed by atoms with E-state index in [4.69, 9.17) is 5.11 Å². The van der Waals surface area contributed by atoms with Gasteiger partial charge in [-0.05, 0) is 50.1 Å². The van der Waals surface area contributed by atoms with Crippen LogP contribution in [0.4, 0.5) is 5.69 Å². The molecule has 0 atom stereocenters. The summed E-state index contributed by atoms with van der Waals surface area (Å²) in [5, 5.41) is 13.1. The van der Waals surface area contributed by atoms with Crippen LogP contribution in [0, 0.1) is 13.8 Å². The van der Waals surface area contributed by atoms with E-state index in [0.29, 0.717) is 17.9 Å². The number of anilines is 1. The van der Waals surface area contributed by atoms with Crippen molar-refractivity contribution in [3.8, 4) is 0 Å². The molecule has 3 rings (SSSR count). The number of carboxylic acids is 1. The zero-order valence-electron chi connectivity index (χ0n) is 14.5. The van der Waals surface area contributed by atoms with Gasteiger partial charge in [0.15, 0.2) is 0 Å². The molecule has 0 spiro atoms. The lowest BCUT2D eigenvalue weighted by atomic mass is 10.1. The maximum Gasteiger partial charge on any atom is 0.335 e. The third-order valence-corrected chi connectivity index (χ3v) is 4.49. The van der Waals surface area contributed by atoms with Crippen molar-refractivity contribution in [2.24, 2.45) is 0 Å². The second-order valence-electron chi connectivity index (χ2n) is 6.02. The summed E-state index contributed by atoms with van der Waals surface area (Å²) in [5.41, 5.74) is 4.01. The summed E-state index contributed by atoms with van der Waals surface area (Å²) in [7, 11) is 0. The number of aryl methyl sites for hydroxylation is 3. The number of rotatable bonds is 4. The van der Waals surface area contributed by atoms with E-state index in [1.807, 2.05) is 49.6 Å². The molecule has 0 saturated heterocycles. The Morgan fingerprint density at radius 1 is 1.12 bits per heavy atom. The van der Waals surface area contributed by atoms with Crippen LogP contribution in [-0.2, 0) is 6.54 Å². The second-order valence-corrected chi connectivity index (χ2v) is 6.02. The van der Waals surface area contributed by atoms with E-state index < -0.39 is 5.97 Å². The van der Waals surface area contributed by atoms with E-state index in [1.54, 1.807) is 6.07 Å². The summed E-state index contributed by atoms with van der Waals surface area (Å²) in [6.45, 7) is 6.44. The number of benzene rings is 2. The summed E-state index contributed by atoms with van der Waals surface area (Å²) in [6, 6.07) is 12.6. The molecule has 1 aromatic heterocycles. The highest BCUT2D eigenvalue weighted by molar-refractivity contribution is 6.09. The fraction of sp³-hybridized carbons (Fsp3) is 0.200. The van der Waals surface area contributed by atoms with Crippen LogP contribution in [0.5, 0.6) is 0 Å². The van der Waals surface area contributed by atoms with Gasteiger partial charge in [0.25, 0.3) is 5.91 Å². The van der Waals surface area contributed by atoms with Crippen molar-refractivity contribution < 1.29 is 14.7 Å². The number of aromatic carboxylic acids is 1. The van der Waals surface area contributed by atoms with E-state index in [2.05, 4.69) is 5.32 Å². The third-order valence-electron chi connectivity index (χ3n) is 4.49. The average Bonchev–Trinajstić information content (AvgIpc) is 2.89. The van der Waals surface area contributed by atoms with Crippen molar-refractivity contribution in [2.45, 2.75) is 27.3 Å². The molecule has 0 unspecified atom stereocenters. The lowest BCUT2D eigenvalue weighted by Gasteiger charge is -2.12. The standard InChI is InChI=1S/C20H20N2O3/c1-4-22-17-8-6-5-7-15(17)13(3)18(22)19(23)21-16-11-14(20(24)25)10-9-12(16)2/h5-11H,4H2,1-3H3,(H,21,23)(H,24,25). The molecule has 3 aromatic rings. The van der Waals surface area contributed by atoms with Crippen molar-refractivity contribution in [1.82, 2.24) is 4.57 Å². The summed E-state index contributed by atoms with van der Waals surface area (Å²) in [6.07, 6.45) is 0. The van der Waals surface area contributed by atoms with Gasteiger partial charge in [0, 0.05) is 23.1 Å². The smallest absolute Gasteiger partial charge is 0.335 e. The van der Waals surface area contributed by atoms with Gasteiger partial charge in [0.05, 0.1) is 5.56 Å². The minimum absolute atomic E-state index is 0.147. The molecule has 0 aliphatic carbocycles. The number of amides is 1. The van der Waals surface area contributed by atoms with Crippen LogP contribution < -0.4 is 5.32 Å². The van der Waals surface area contributed by atoms with E-state index in [9.17, 15) is 9.59 Å². The van der Waals surface area contributed by atoms with Gasteiger partial charge in [-0.2, -0.15) is 0 Å². The van der Waals surface area contributed by atoms with Gasteiger partial charge in [0.2, 0.25) is 0 Å². The van der Waals surface area contributed by atoms with E-state index in [0.717, 1.165) is 22.0 Å². The molecule has 1 heterocycles. The number of carbonyl (C=O) groups is 2. The summed E-state index contributed by atoms with van der Waals surface area (Å²) in [4.78, 5) is 24.1. The quantitative estimate of drug-likeness (QED) is 0.749. The minimum Gasteiger partial charge on any atom is -0.478 e. The monoisotopic (exact) mass is 336 g/mol. The summed E-state index contributed by atoms with van der Waals surface area (Å²) < 4.78 is 1.98. The maximum atomic E-state index is 12.9. The highest BCUT2D eigenvalue weighted by Gasteiger charge is 2.20. The van der Waals surface area contributed by atoms with Crippen molar-refractivity contribution >= 4 is 28.5 Å². The molecule has 25 heavy (non-hydrogen) atoms. The molecule has 0 radical (unpaired) electrons. The predicted octanol–water partition coefficient (Wildman–Crippen LogP) is 4.23. The summed E-state index contributed by atoms with van der Waals surface area (Å²) in [5.74, 6) is -1.25. The van der Waals surface area contributed by atoms with Crippen LogP contribution in [0.2, 0.25) is 0 Å². The first kappa shape index (κ1) is 16.8. The van der Waals surface area contributed by atoms with Crippen molar-refractivity contribution in [1.29, 1.82) is 0 Å². The first-order valence-corrected chi connectivity index (χ1v) is 8.17. The van der Waals surface area contributed by atoms with Gasteiger partial charge in [-0.25, -0.2) is 4.79 Å². The Balaban J connectivity index is 2.05. The SMILES string of the molecule is CCn1c(C(=O)Nc2cc(C(=O)O)ccc2C)c(C)c2ccccc21. The predicted molar refractivity (Wildman–Crippen MR) is 98.4 cm³/mol. The molecule has 5 heteroatoms. The number of aromatic nitrogens is 1. The Morgan fingerprint density at radius 3 is 2.52 bits per heavy atom. The fourth-order valence-electron chi connectivity index (χ4n) is 3.17. The highest BCUT2D eigenvalue weighted by Crippen LogP contribution is 2.27. The molecule has 1 amide bonds. The van der Waals surface area contributed by atoms with Crippen molar-refractivity contribution in [2.75, 3.05) is 5.32 Å². The molecule has 0 bridgehead atoms. The number of nitrogens with zero attached hydrogens (tertiary/aromatic N) is 1. The van der Waals surface area contributed by atoms with Gasteiger partial charge >= 0.3 is 5.97 Å². The summed E-state index contributed by atoms with van der Waals surface area (Å²) >= 11 is 0. The normalized spacial score (nSPS) is 10.8. The number of carboxylic acid groups (broad SMARTS) is 1. The first-order chi connectivity index (χ1) is 11.9. The van der Waals surface area contributed by atoms with Gasteiger partial charge in [-0.15, -0.1) is 0 Å². The number of hydrogen-bond acceptors (Lipinski definition) is 2. The number of hydrogen-bond donors (Lipinski definition) is 2. The molecular weight excluding hydrogens is 316 g/mol. The minimum atomic E-state index is -1.02. The Morgan fingerprint density at radius 2 is 1.84 bits per heavy atom. The Labute approximate surface area is 145 Å². The van der Waals surface area contributed by atoms with Crippen LogP contribution in [0.15, 0.2) is 42.5 Å². The van der Waals surface area contributed by atoms with E-state index in [-0.39, 0.29) is 11.5 Å². The van der Waals surface area contributed by atoms with Crippen molar-refractivity contribution in [3.05, 3.63) is 64.8 Å². The van der Waals surface area contributed by atoms with Crippen LogP contribution in [0.3, 0.4) is 0 Å². The van der Waals surface area contributed by atoms with Crippen LogP contribution >= 0.6 is 0 Å². The van der Waals surface area contributed by atoms with Crippen LogP contribution in [0.1, 0.15) is 38.9 Å². The molecule has 2 aromatic carbocycles. The third kappa shape index (κ3) is 2.89. The van der Waals surface area contributed by atoms with Crippen molar-refractivity contribution in [3.63, 3.8) is 0 Å². The Hall–Kier alpha value is -3.08. The fourth-order valence-corrected chi connectivity index (χ4v) is 3.17. The topological polar surface area (TPSA) is 71.3 Å². The molecular formula is C20H20N2O3. The van der Waals surface area contributed by atoms with Gasteiger partial charge < -0.3 is 15.0 Å². The van der Waals surface area contributed by atoms with E-state index in [1.165, 1.54) is 12.1 Å². The second kappa shape index (κ2) is 6.43. The lowest BCUT2D eigenvalue weighted by Crippen LogP contribution is -2.18. The zero-order chi connectivity index (χ0) is 18.1. The molecule has 0 saturated carbocycles. The van der Waals surface area contributed by atoms with Crippen LogP contribution in [-0.4, -0.2) is 21.6 Å². The van der Waals surface area contributed by atoms with Gasteiger partial charge in [0.1, 0.15) is 5.69 Å². The largest absolute Gasteiger partial charge is 0.478 e. The highest BCUT2D eigenvalue weighted by atomic mass is 16.4. The Bertz CT molecular complexity index is 986. The van der Waals surface area contributed by atoms with E-state index >= 15 is 0 Å². The number of carbonyl (C=O) groups excluding carboxylic acids is 1. The first-order valence-electron chi connectivity index (χ1n) is 8.17. The van der Waals surface area contributed by atoms with Crippen LogP contribution in [0.25, 0.3) is 10.9 Å². The maximum absolute atomic E-state index is 12.9. The molecule has 128 valence electrons. The van der Waals surface area contributed by atoms with Gasteiger partial charge in [-0.3, -0.25) is 4.79 Å².